The number of nitrogens with one attached hydrogen (secondary N) is 1. The van der Waals surface area contributed by atoms with Gasteiger partial charge in [-0.05, 0) is 77.0 Å². The van der Waals surface area contributed by atoms with Crippen LogP contribution in [-0.2, 0) is 14.3 Å². The van der Waals surface area contributed by atoms with E-state index in [-0.39, 0.29) is 12.5 Å². The van der Waals surface area contributed by atoms with E-state index in [1.54, 1.807) is 6.08 Å². The Morgan fingerprint density at radius 1 is 0.372 bits per heavy atom. The van der Waals surface area contributed by atoms with Crippen LogP contribution in [0.15, 0.2) is 97.2 Å². The minimum atomic E-state index is -1.57. The summed E-state index contributed by atoms with van der Waals surface area (Å²) in [6, 6.07) is -0.810. The van der Waals surface area contributed by atoms with Crippen LogP contribution in [0.3, 0.4) is 0 Å². The van der Waals surface area contributed by atoms with Gasteiger partial charge in [-0.25, -0.2) is 0 Å². The summed E-state index contributed by atoms with van der Waals surface area (Å²) in [5.74, 6) is -0.172. The molecule has 94 heavy (non-hydrogen) atoms. The lowest BCUT2D eigenvalue weighted by Crippen LogP contribution is -2.60. The number of ether oxygens (including phenoxy) is 2. The molecule has 546 valence electrons. The number of amides is 1. The van der Waals surface area contributed by atoms with Crippen molar-refractivity contribution in [3.8, 4) is 0 Å². The first-order valence-corrected chi connectivity index (χ1v) is 40.5. The number of hydrogen-bond donors (Lipinski definition) is 6. The van der Waals surface area contributed by atoms with E-state index < -0.39 is 49.5 Å². The molecule has 0 spiro atoms. The quantitative estimate of drug-likeness (QED) is 0.0261. The van der Waals surface area contributed by atoms with E-state index in [9.17, 15) is 30.3 Å². The molecule has 7 unspecified atom stereocenters. The standard InChI is InChI=1S/C85H153NO8/c1-3-5-7-9-11-13-15-17-19-21-23-25-27-29-31-33-35-36-37-38-39-40-41-42-43-44-45-47-49-51-53-55-57-59-61-63-65-67-69-71-73-75-81(89)86-78(77-93-85-84(92)83(91)82(90)80(76-87)94-85)79(88)74-72-70-68-66-64-62-60-58-56-54-52-50-48-46-34-32-30-28-26-24-22-20-18-16-14-12-10-8-6-4-2/h5,7,11,13,17,19,23,25,29,31,35-36,38-39,72,74,78-80,82-85,87-88,90-92H,3-4,6,8-10,12,14-16,18,20-22,24,26-28,30,32-34,37,40-71,73,75-77H2,1-2H3,(H,86,89)/b7-5-,13-11-,19-17-,25-23-,31-29-,36-35-,39-38-,74-72+. The van der Waals surface area contributed by atoms with Crippen LogP contribution in [0.4, 0.5) is 0 Å². The molecule has 9 nitrogen and oxygen atoms in total. The lowest BCUT2D eigenvalue weighted by Gasteiger charge is -2.40. The van der Waals surface area contributed by atoms with Crippen LogP contribution >= 0.6 is 0 Å². The normalized spacial score (nSPS) is 18.1. The van der Waals surface area contributed by atoms with Crippen LogP contribution in [0.1, 0.15) is 380 Å². The van der Waals surface area contributed by atoms with Gasteiger partial charge in [-0.15, -0.1) is 0 Å². The highest BCUT2D eigenvalue weighted by Crippen LogP contribution is 2.24. The van der Waals surface area contributed by atoms with Crippen molar-refractivity contribution < 1.29 is 39.8 Å². The molecule has 1 amide bonds. The predicted molar refractivity (Wildman–Crippen MR) is 405 cm³/mol. The highest BCUT2D eigenvalue weighted by molar-refractivity contribution is 5.76. The van der Waals surface area contributed by atoms with Gasteiger partial charge in [-0.2, -0.15) is 0 Å². The lowest BCUT2D eigenvalue weighted by atomic mass is 9.99. The first-order chi connectivity index (χ1) is 46.3. The van der Waals surface area contributed by atoms with Gasteiger partial charge in [0.2, 0.25) is 5.91 Å². The second-order valence-electron chi connectivity index (χ2n) is 27.8. The molecule has 9 heteroatoms. The zero-order chi connectivity index (χ0) is 67.8. The second-order valence-corrected chi connectivity index (χ2v) is 27.8. The Kier molecular flexibility index (Phi) is 69.1. The van der Waals surface area contributed by atoms with Gasteiger partial charge in [0, 0.05) is 6.42 Å². The highest BCUT2D eigenvalue weighted by Gasteiger charge is 2.44. The fourth-order valence-electron chi connectivity index (χ4n) is 12.7. The minimum Gasteiger partial charge on any atom is -0.394 e. The SMILES string of the molecule is CC/C=C\C/C=C\C/C=C\C/C=C\C/C=C\C/C=C\C/C=C\CCCCCCCCCCCCCCCCCCCCCC(=O)NC(COC1OC(CO)C(O)C(O)C1O)C(O)/C=C/CCCCCCCCCCCCCCCCCCCCCCCCCCCCCC. The summed E-state index contributed by atoms with van der Waals surface area (Å²) >= 11 is 0. The molecule has 1 saturated heterocycles. The molecule has 0 bridgehead atoms. The monoisotopic (exact) mass is 1320 g/mol. The van der Waals surface area contributed by atoms with Crippen molar-refractivity contribution in [2.45, 2.75) is 423 Å². The zero-order valence-corrected chi connectivity index (χ0v) is 61.5. The summed E-state index contributed by atoms with van der Waals surface area (Å²) in [5, 5.41) is 54.9. The second kappa shape index (κ2) is 72.8. The maximum atomic E-state index is 13.2. The molecule has 0 radical (unpaired) electrons. The Morgan fingerprint density at radius 2 is 0.660 bits per heavy atom. The van der Waals surface area contributed by atoms with Crippen molar-refractivity contribution in [1.29, 1.82) is 0 Å². The number of allylic oxidation sites excluding steroid dienone is 15. The third-order valence-corrected chi connectivity index (χ3v) is 18.9. The van der Waals surface area contributed by atoms with Crippen molar-refractivity contribution in [1.82, 2.24) is 5.32 Å². The van der Waals surface area contributed by atoms with E-state index in [0.29, 0.717) is 6.42 Å². The van der Waals surface area contributed by atoms with Crippen molar-refractivity contribution >= 4 is 5.91 Å². The number of carbonyl (C=O) groups excluding carboxylic acids is 1. The van der Waals surface area contributed by atoms with Crippen molar-refractivity contribution in [2.75, 3.05) is 13.2 Å². The molecule has 1 aliphatic rings. The summed E-state index contributed by atoms with van der Waals surface area (Å²) < 4.78 is 11.4. The van der Waals surface area contributed by atoms with Gasteiger partial charge < -0.3 is 40.3 Å². The molecule has 1 heterocycles. The molecule has 0 aromatic heterocycles. The van der Waals surface area contributed by atoms with Crippen LogP contribution < -0.4 is 5.32 Å². The number of rotatable bonds is 71. The third-order valence-electron chi connectivity index (χ3n) is 18.9. The van der Waals surface area contributed by atoms with E-state index in [0.717, 1.165) is 83.5 Å². The van der Waals surface area contributed by atoms with Gasteiger partial charge >= 0.3 is 0 Å². The number of carbonyl (C=O) groups is 1. The smallest absolute Gasteiger partial charge is 0.220 e. The summed E-state index contributed by atoms with van der Waals surface area (Å²) in [6.07, 6.45) is 99.8. The molecule has 0 aromatic carbocycles. The van der Waals surface area contributed by atoms with E-state index >= 15 is 0 Å². The average Bonchev–Trinajstić information content (AvgIpc) is 0.831. The number of hydrogen-bond acceptors (Lipinski definition) is 8. The summed E-state index contributed by atoms with van der Waals surface area (Å²) in [5.41, 5.74) is 0. The topological polar surface area (TPSA) is 149 Å². The van der Waals surface area contributed by atoms with Gasteiger partial charge in [-0.3, -0.25) is 4.79 Å². The Bertz CT molecular complexity index is 1820. The fourth-order valence-corrected chi connectivity index (χ4v) is 12.7. The van der Waals surface area contributed by atoms with Crippen molar-refractivity contribution in [2.24, 2.45) is 0 Å². The predicted octanol–water partition coefficient (Wildman–Crippen LogP) is 23.4. The van der Waals surface area contributed by atoms with Crippen LogP contribution in [-0.4, -0.2) is 87.5 Å². The molecular formula is C85H153NO8. The molecule has 0 aliphatic carbocycles. The molecule has 7 atom stereocenters. The number of aliphatic hydroxyl groups is 5. The van der Waals surface area contributed by atoms with E-state index in [1.807, 2.05) is 6.08 Å². The van der Waals surface area contributed by atoms with E-state index in [1.165, 1.54) is 276 Å². The van der Waals surface area contributed by atoms with Gasteiger partial charge in [0.15, 0.2) is 6.29 Å². The minimum absolute atomic E-state index is 0.172. The molecule has 0 saturated carbocycles. The average molecular weight is 1320 g/mol. The molecule has 0 aromatic rings. The van der Waals surface area contributed by atoms with Gasteiger partial charge in [0.1, 0.15) is 24.4 Å². The Hall–Kier alpha value is -2.89. The van der Waals surface area contributed by atoms with Crippen molar-refractivity contribution in [3.05, 3.63) is 97.2 Å². The Morgan fingerprint density at radius 3 is 0.979 bits per heavy atom. The first kappa shape index (κ1) is 89.1. The largest absolute Gasteiger partial charge is 0.394 e. The molecule has 1 rings (SSSR count). The summed E-state index contributed by atoms with van der Waals surface area (Å²) in [6.45, 7) is 3.71. The molecule has 1 fully saturated rings. The van der Waals surface area contributed by atoms with Gasteiger partial charge in [0.25, 0.3) is 0 Å². The van der Waals surface area contributed by atoms with Crippen LogP contribution in [0, 0.1) is 0 Å². The van der Waals surface area contributed by atoms with Crippen LogP contribution in [0.5, 0.6) is 0 Å². The Labute approximate surface area is 581 Å². The summed E-state index contributed by atoms with van der Waals surface area (Å²) in [7, 11) is 0. The zero-order valence-electron chi connectivity index (χ0n) is 61.5. The van der Waals surface area contributed by atoms with Crippen LogP contribution in [0.2, 0.25) is 0 Å². The summed E-state index contributed by atoms with van der Waals surface area (Å²) in [4.78, 5) is 13.2. The molecule has 6 N–H and O–H groups in total. The van der Waals surface area contributed by atoms with Gasteiger partial charge in [-0.1, -0.05) is 394 Å². The van der Waals surface area contributed by atoms with Crippen LogP contribution in [0.25, 0.3) is 0 Å². The van der Waals surface area contributed by atoms with E-state index in [4.69, 9.17) is 9.47 Å². The highest BCUT2D eigenvalue weighted by atomic mass is 16.7. The number of unbranched alkanes of at least 4 members (excludes halogenated alkanes) is 47. The number of aliphatic hydroxyl groups excluding tert-OH is 5. The Balaban J connectivity index is 2.07. The maximum absolute atomic E-state index is 13.2. The third kappa shape index (κ3) is 60.3. The van der Waals surface area contributed by atoms with Gasteiger partial charge in [0.05, 0.1) is 25.4 Å². The fraction of sp³-hybridized carbons (Fsp3) is 0.800. The molecular weight excluding hydrogens is 1160 g/mol. The molecule has 1 aliphatic heterocycles. The first-order valence-electron chi connectivity index (χ1n) is 40.5. The van der Waals surface area contributed by atoms with E-state index in [2.05, 4.69) is 104 Å². The van der Waals surface area contributed by atoms with Crippen molar-refractivity contribution in [3.63, 3.8) is 0 Å². The lowest BCUT2D eigenvalue weighted by molar-refractivity contribution is -0.302. The maximum Gasteiger partial charge on any atom is 0.220 e.